The maximum atomic E-state index is 8.80. The van der Waals surface area contributed by atoms with Crippen LogP contribution in [0.25, 0.3) is 0 Å². The number of benzene rings is 1. The lowest BCUT2D eigenvalue weighted by molar-refractivity contribution is 0.782. The molecule has 1 aromatic heterocycles. The molecule has 0 saturated carbocycles. The summed E-state index contributed by atoms with van der Waals surface area (Å²) in [6.45, 7) is 0.555. The predicted octanol–water partition coefficient (Wildman–Crippen LogP) is 3.11. The van der Waals surface area contributed by atoms with Crippen LogP contribution in [0.15, 0.2) is 30.6 Å². The topological polar surface area (TPSA) is 41.6 Å². The smallest absolute Gasteiger partial charge is 0.213 e. The maximum absolute atomic E-state index is 8.80. The number of hydrogen-bond acceptors (Lipinski definition) is 2. The van der Waals surface area contributed by atoms with Gasteiger partial charge in [0, 0.05) is 18.9 Å². The van der Waals surface area contributed by atoms with E-state index in [1.807, 2.05) is 12.1 Å². The molecule has 0 aliphatic heterocycles. The summed E-state index contributed by atoms with van der Waals surface area (Å²) in [5.74, 6) is 0.381. The highest BCUT2D eigenvalue weighted by Crippen LogP contribution is 2.23. The Labute approximate surface area is 103 Å². The van der Waals surface area contributed by atoms with Gasteiger partial charge in [0.15, 0.2) is 0 Å². The molecule has 0 atom stereocenters. The molecule has 16 heavy (non-hydrogen) atoms. The monoisotopic (exact) mass is 251 g/mol. The van der Waals surface area contributed by atoms with E-state index in [1.54, 1.807) is 29.1 Å². The van der Waals surface area contributed by atoms with Gasteiger partial charge in [0.05, 0.1) is 10.0 Å². The molecule has 80 valence electrons. The lowest BCUT2D eigenvalue weighted by atomic mass is 10.2. The minimum atomic E-state index is 0.381. The first-order valence-corrected chi connectivity index (χ1v) is 5.31. The van der Waals surface area contributed by atoms with E-state index in [2.05, 4.69) is 4.98 Å². The summed E-state index contributed by atoms with van der Waals surface area (Å²) >= 11 is 11.7. The van der Waals surface area contributed by atoms with E-state index < -0.39 is 0 Å². The third-order valence-corrected chi connectivity index (χ3v) is 2.89. The second kappa shape index (κ2) is 4.56. The van der Waals surface area contributed by atoms with Crippen LogP contribution in [0.5, 0.6) is 0 Å². The first kappa shape index (κ1) is 11.0. The average Bonchev–Trinajstić information content (AvgIpc) is 2.71. The molecule has 3 nitrogen and oxygen atoms in total. The molecule has 5 heteroatoms. The molecule has 2 rings (SSSR count). The fourth-order valence-corrected chi connectivity index (χ4v) is 1.71. The molecule has 0 N–H and O–H groups in total. The van der Waals surface area contributed by atoms with Crippen LogP contribution in [0.1, 0.15) is 11.4 Å². The number of aromatic nitrogens is 2. The molecule has 0 saturated heterocycles. The normalized spacial score (nSPS) is 10.1. The van der Waals surface area contributed by atoms with Crippen LogP contribution < -0.4 is 0 Å². The molecule has 0 amide bonds. The molecular weight excluding hydrogens is 245 g/mol. The van der Waals surface area contributed by atoms with Crippen molar-refractivity contribution in [2.75, 3.05) is 0 Å². The number of imidazole rings is 1. The zero-order valence-corrected chi connectivity index (χ0v) is 9.70. The number of halogens is 2. The van der Waals surface area contributed by atoms with Crippen molar-refractivity contribution in [1.82, 2.24) is 9.55 Å². The van der Waals surface area contributed by atoms with Crippen molar-refractivity contribution in [2.45, 2.75) is 6.54 Å². The van der Waals surface area contributed by atoms with E-state index in [0.717, 1.165) is 5.56 Å². The SMILES string of the molecule is N#Cc1nccn1Cc1ccc(Cl)c(Cl)c1. The zero-order valence-electron chi connectivity index (χ0n) is 8.19. The summed E-state index contributed by atoms with van der Waals surface area (Å²) in [4.78, 5) is 3.91. The van der Waals surface area contributed by atoms with Gasteiger partial charge in [-0.3, -0.25) is 0 Å². The summed E-state index contributed by atoms with van der Waals surface area (Å²) in [5, 5.41) is 9.84. The standard InChI is InChI=1S/C11H7Cl2N3/c12-9-2-1-8(5-10(9)13)7-16-4-3-15-11(16)6-14/h1-5H,7H2. The van der Waals surface area contributed by atoms with Crippen LogP contribution in [0.2, 0.25) is 10.0 Å². The minimum Gasteiger partial charge on any atom is -0.318 e. The summed E-state index contributed by atoms with van der Waals surface area (Å²) < 4.78 is 1.75. The van der Waals surface area contributed by atoms with Gasteiger partial charge in [0.2, 0.25) is 5.82 Å². The fraction of sp³-hybridized carbons (Fsp3) is 0.0909. The second-order valence-corrected chi connectivity index (χ2v) is 4.05. The first-order chi connectivity index (χ1) is 7.70. The zero-order chi connectivity index (χ0) is 11.5. The highest BCUT2D eigenvalue weighted by atomic mass is 35.5. The molecule has 0 fully saturated rings. The van der Waals surface area contributed by atoms with E-state index in [1.165, 1.54) is 0 Å². The van der Waals surface area contributed by atoms with Crippen molar-refractivity contribution in [3.05, 3.63) is 52.0 Å². The van der Waals surface area contributed by atoms with Gasteiger partial charge < -0.3 is 4.57 Å². The molecule has 0 radical (unpaired) electrons. The van der Waals surface area contributed by atoms with Crippen LogP contribution in [-0.2, 0) is 6.54 Å². The van der Waals surface area contributed by atoms with Gasteiger partial charge in [0.25, 0.3) is 0 Å². The van der Waals surface area contributed by atoms with Crippen LogP contribution in [-0.4, -0.2) is 9.55 Å². The number of nitriles is 1. The van der Waals surface area contributed by atoms with Crippen LogP contribution >= 0.6 is 23.2 Å². The highest BCUT2D eigenvalue weighted by Gasteiger charge is 2.04. The predicted molar refractivity (Wildman–Crippen MR) is 62.5 cm³/mol. The molecule has 0 aliphatic carbocycles. The Morgan fingerprint density at radius 2 is 2.12 bits per heavy atom. The van der Waals surface area contributed by atoms with Crippen molar-refractivity contribution >= 4 is 23.2 Å². The summed E-state index contributed by atoms with van der Waals surface area (Å²) in [6.07, 6.45) is 3.34. The lowest BCUT2D eigenvalue weighted by Crippen LogP contribution is -2.01. The minimum absolute atomic E-state index is 0.381. The van der Waals surface area contributed by atoms with Crippen LogP contribution in [0, 0.1) is 11.3 Å². The van der Waals surface area contributed by atoms with Gasteiger partial charge >= 0.3 is 0 Å². The van der Waals surface area contributed by atoms with E-state index in [0.29, 0.717) is 22.4 Å². The van der Waals surface area contributed by atoms with Crippen molar-refractivity contribution in [3.63, 3.8) is 0 Å². The number of rotatable bonds is 2. The van der Waals surface area contributed by atoms with E-state index in [9.17, 15) is 0 Å². The third kappa shape index (κ3) is 2.19. The Morgan fingerprint density at radius 1 is 1.31 bits per heavy atom. The van der Waals surface area contributed by atoms with Gasteiger partial charge in [-0.15, -0.1) is 0 Å². The number of hydrogen-bond donors (Lipinski definition) is 0. The van der Waals surface area contributed by atoms with Crippen molar-refractivity contribution in [3.8, 4) is 6.07 Å². The molecule has 0 spiro atoms. The lowest BCUT2D eigenvalue weighted by Gasteiger charge is -2.05. The van der Waals surface area contributed by atoms with E-state index in [-0.39, 0.29) is 0 Å². The number of nitrogens with zero attached hydrogens (tertiary/aromatic N) is 3. The van der Waals surface area contributed by atoms with Crippen LogP contribution in [0.4, 0.5) is 0 Å². The Bertz CT molecular complexity index is 555. The molecule has 0 bridgehead atoms. The first-order valence-electron chi connectivity index (χ1n) is 4.56. The Hall–Kier alpha value is -1.50. The largest absolute Gasteiger partial charge is 0.318 e. The van der Waals surface area contributed by atoms with Gasteiger partial charge in [-0.2, -0.15) is 5.26 Å². The maximum Gasteiger partial charge on any atom is 0.213 e. The Kier molecular flexibility index (Phi) is 3.14. The van der Waals surface area contributed by atoms with Gasteiger partial charge in [0.1, 0.15) is 6.07 Å². The van der Waals surface area contributed by atoms with E-state index >= 15 is 0 Å². The van der Waals surface area contributed by atoms with Crippen molar-refractivity contribution in [1.29, 1.82) is 5.26 Å². The summed E-state index contributed by atoms with van der Waals surface area (Å²) in [5.41, 5.74) is 0.976. The summed E-state index contributed by atoms with van der Waals surface area (Å²) in [6, 6.07) is 7.41. The molecule has 2 aromatic rings. The van der Waals surface area contributed by atoms with Gasteiger partial charge in [-0.05, 0) is 17.7 Å². The molecule has 1 aromatic carbocycles. The van der Waals surface area contributed by atoms with Crippen molar-refractivity contribution < 1.29 is 0 Å². The highest BCUT2D eigenvalue weighted by molar-refractivity contribution is 6.42. The summed E-state index contributed by atoms with van der Waals surface area (Å²) in [7, 11) is 0. The Morgan fingerprint density at radius 3 is 2.81 bits per heavy atom. The van der Waals surface area contributed by atoms with E-state index in [4.69, 9.17) is 28.5 Å². The fourth-order valence-electron chi connectivity index (χ4n) is 1.38. The molecular formula is C11H7Cl2N3. The molecule has 1 heterocycles. The quantitative estimate of drug-likeness (QED) is 0.823. The average molecular weight is 252 g/mol. The second-order valence-electron chi connectivity index (χ2n) is 3.24. The molecule has 0 unspecified atom stereocenters. The Balaban J connectivity index is 2.28. The van der Waals surface area contributed by atoms with Crippen molar-refractivity contribution in [2.24, 2.45) is 0 Å². The molecule has 0 aliphatic rings. The van der Waals surface area contributed by atoms with Crippen LogP contribution in [0.3, 0.4) is 0 Å². The van der Waals surface area contributed by atoms with Gasteiger partial charge in [-0.25, -0.2) is 4.98 Å². The third-order valence-electron chi connectivity index (χ3n) is 2.15. The van der Waals surface area contributed by atoms with Gasteiger partial charge in [-0.1, -0.05) is 29.3 Å².